The molecule has 0 fully saturated rings. The molecular weight excluding hydrogens is 176 g/mol. The van der Waals surface area contributed by atoms with E-state index in [1.807, 2.05) is 0 Å². The van der Waals surface area contributed by atoms with Crippen LogP contribution >= 0.6 is 0 Å². The van der Waals surface area contributed by atoms with E-state index >= 15 is 0 Å². The largest absolute Gasteiger partial charge is 0.487 e. The highest BCUT2D eigenvalue weighted by Gasteiger charge is 2.12. The molecule has 0 bridgehead atoms. The van der Waals surface area contributed by atoms with Gasteiger partial charge in [0.2, 0.25) is 5.76 Å². The molecule has 0 amide bonds. The van der Waals surface area contributed by atoms with Gasteiger partial charge in [0.25, 0.3) is 0 Å². The maximum Gasteiger partial charge on any atom is 0.373 e. The fourth-order valence-corrected chi connectivity index (χ4v) is 0.629. The van der Waals surface area contributed by atoms with Gasteiger partial charge in [-0.15, -0.1) is 0 Å². The number of carboxylic acid groups (broad SMARTS) is 1. The second kappa shape index (κ2) is 6.05. The molecule has 0 aliphatic heterocycles. The summed E-state index contributed by atoms with van der Waals surface area (Å²) in [5, 5.41) is 8.36. The van der Waals surface area contributed by atoms with Crippen LogP contribution in [0.2, 0.25) is 0 Å². The molecule has 0 aliphatic rings. The topological polar surface area (TPSA) is 72.8 Å². The highest BCUT2D eigenvalue weighted by atomic mass is 16.6. The van der Waals surface area contributed by atoms with Crippen LogP contribution in [0.25, 0.3) is 0 Å². The number of rotatable bonds is 5. The summed E-state index contributed by atoms with van der Waals surface area (Å²) in [6.45, 7) is 3.68. The molecule has 0 atom stereocenters. The van der Waals surface area contributed by atoms with Crippen molar-refractivity contribution >= 4 is 11.9 Å². The third-order valence-electron chi connectivity index (χ3n) is 1.03. The van der Waals surface area contributed by atoms with Crippen molar-refractivity contribution in [2.24, 2.45) is 0 Å². The highest BCUT2D eigenvalue weighted by molar-refractivity contribution is 5.93. The van der Waals surface area contributed by atoms with Crippen LogP contribution in [0.5, 0.6) is 0 Å². The zero-order chi connectivity index (χ0) is 10.3. The van der Waals surface area contributed by atoms with Gasteiger partial charge in [-0.25, -0.2) is 9.59 Å². The Hall–Kier alpha value is -1.52. The Labute approximate surface area is 75.9 Å². The van der Waals surface area contributed by atoms with Crippen molar-refractivity contribution < 1.29 is 24.2 Å². The second-order valence-corrected chi connectivity index (χ2v) is 2.00. The third-order valence-corrected chi connectivity index (χ3v) is 1.03. The quantitative estimate of drug-likeness (QED) is 0.387. The number of ether oxygens (including phenoxy) is 2. The maximum absolute atomic E-state index is 11.0. The van der Waals surface area contributed by atoms with Crippen molar-refractivity contribution in [2.45, 2.75) is 13.8 Å². The first-order valence-electron chi connectivity index (χ1n) is 3.86. The average Bonchev–Trinajstić information content (AvgIpc) is 2.03. The van der Waals surface area contributed by atoms with E-state index in [0.717, 1.165) is 0 Å². The lowest BCUT2D eigenvalue weighted by molar-refractivity contribution is -0.143. The number of carboxylic acids is 1. The van der Waals surface area contributed by atoms with Gasteiger partial charge >= 0.3 is 11.9 Å². The number of aliphatic carboxylic acids is 1. The van der Waals surface area contributed by atoms with Gasteiger partial charge in [-0.05, 0) is 13.8 Å². The van der Waals surface area contributed by atoms with Crippen LogP contribution in [0.3, 0.4) is 0 Å². The fourth-order valence-electron chi connectivity index (χ4n) is 0.629. The second-order valence-electron chi connectivity index (χ2n) is 2.00. The molecule has 0 saturated carbocycles. The van der Waals surface area contributed by atoms with E-state index in [-0.39, 0.29) is 19.0 Å². The molecule has 0 unspecified atom stereocenters. The minimum absolute atomic E-state index is 0.183. The van der Waals surface area contributed by atoms with Crippen LogP contribution in [-0.2, 0) is 19.1 Å². The van der Waals surface area contributed by atoms with Crippen molar-refractivity contribution in [2.75, 3.05) is 13.2 Å². The van der Waals surface area contributed by atoms with Crippen LogP contribution < -0.4 is 0 Å². The Bertz CT molecular complexity index is 219. The van der Waals surface area contributed by atoms with Crippen LogP contribution in [0.1, 0.15) is 13.8 Å². The molecule has 0 aromatic rings. The smallest absolute Gasteiger partial charge is 0.373 e. The van der Waals surface area contributed by atoms with Crippen molar-refractivity contribution in [1.29, 1.82) is 0 Å². The molecule has 0 rings (SSSR count). The summed E-state index contributed by atoms with van der Waals surface area (Å²) in [5.41, 5.74) is 0. The van der Waals surface area contributed by atoms with E-state index in [9.17, 15) is 9.59 Å². The number of hydrogen-bond donors (Lipinski definition) is 1. The first-order valence-corrected chi connectivity index (χ1v) is 3.86. The molecule has 0 spiro atoms. The Morgan fingerprint density at radius 1 is 1.23 bits per heavy atom. The zero-order valence-electron chi connectivity index (χ0n) is 7.57. The molecule has 0 heterocycles. The van der Waals surface area contributed by atoms with Gasteiger partial charge in [-0.2, -0.15) is 0 Å². The van der Waals surface area contributed by atoms with Crippen LogP contribution in [0.4, 0.5) is 0 Å². The Balaban J connectivity index is 4.40. The van der Waals surface area contributed by atoms with Crippen molar-refractivity contribution in [3.05, 3.63) is 11.8 Å². The first-order chi connectivity index (χ1) is 6.11. The molecule has 0 aromatic carbocycles. The average molecular weight is 188 g/mol. The molecule has 5 heteroatoms. The molecule has 0 saturated heterocycles. The number of hydrogen-bond acceptors (Lipinski definition) is 4. The van der Waals surface area contributed by atoms with Crippen LogP contribution in [-0.4, -0.2) is 30.3 Å². The van der Waals surface area contributed by atoms with Crippen LogP contribution in [0, 0.1) is 0 Å². The molecule has 1 N–H and O–H groups in total. The van der Waals surface area contributed by atoms with Crippen molar-refractivity contribution in [1.82, 2.24) is 0 Å². The van der Waals surface area contributed by atoms with E-state index in [1.165, 1.54) is 0 Å². The molecule has 13 heavy (non-hydrogen) atoms. The van der Waals surface area contributed by atoms with Crippen LogP contribution in [0.15, 0.2) is 11.8 Å². The Kier molecular flexibility index (Phi) is 5.34. The Morgan fingerprint density at radius 3 is 2.15 bits per heavy atom. The standard InChI is InChI=1S/C8H12O5/c1-3-12-6(5-7(9)10)8(11)13-4-2/h5H,3-4H2,1-2H3,(H,9,10)/b6-5+. The summed E-state index contributed by atoms with van der Waals surface area (Å²) in [7, 11) is 0. The number of carbonyl (C=O) groups excluding carboxylic acids is 1. The molecule has 0 aromatic heterocycles. The van der Waals surface area contributed by atoms with E-state index in [2.05, 4.69) is 4.74 Å². The van der Waals surface area contributed by atoms with Crippen molar-refractivity contribution in [3.8, 4) is 0 Å². The summed E-state index contributed by atoms with van der Waals surface area (Å²) in [6.07, 6.45) is 0.682. The van der Waals surface area contributed by atoms with Gasteiger partial charge in [-0.3, -0.25) is 0 Å². The normalized spacial score (nSPS) is 10.8. The summed E-state index contributed by atoms with van der Waals surface area (Å²) in [5.74, 6) is -2.28. The minimum Gasteiger partial charge on any atom is -0.487 e. The van der Waals surface area contributed by atoms with Gasteiger partial charge in [0, 0.05) is 0 Å². The molecular formula is C8H12O5. The Morgan fingerprint density at radius 2 is 1.77 bits per heavy atom. The first kappa shape index (κ1) is 11.5. The minimum atomic E-state index is -1.24. The highest BCUT2D eigenvalue weighted by Crippen LogP contribution is 2.00. The third kappa shape index (κ3) is 4.84. The summed E-state index contributed by atoms with van der Waals surface area (Å²) in [6, 6.07) is 0. The van der Waals surface area contributed by atoms with E-state index in [0.29, 0.717) is 6.08 Å². The summed E-state index contributed by atoms with van der Waals surface area (Å²) < 4.78 is 9.33. The SMILES string of the molecule is CCOC(=O)/C(=C\C(=O)O)OCC. The summed E-state index contributed by atoms with van der Waals surface area (Å²) in [4.78, 5) is 21.2. The van der Waals surface area contributed by atoms with E-state index in [4.69, 9.17) is 9.84 Å². The van der Waals surface area contributed by atoms with Gasteiger partial charge in [-0.1, -0.05) is 0 Å². The lowest BCUT2D eigenvalue weighted by atomic mass is 10.4. The molecule has 5 nitrogen and oxygen atoms in total. The monoisotopic (exact) mass is 188 g/mol. The lowest BCUT2D eigenvalue weighted by Crippen LogP contribution is -2.12. The lowest BCUT2D eigenvalue weighted by Gasteiger charge is -2.05. The number of carbonyl (C=O) groups is 2. The summed E-state index contributed by atoms with van der Waals surface area (Å²) >= 11 is 0. The van der Waals surface area contributed by atoms with Gasteiger partial charge < -0.3 is 14.6 Å². The van der Waals surface area contributed by atoms with Gasteiger partial charge in [0.15, 0.2) is 0 Å². The van der Waals surface area contributed by atoms with Crippen molar-refractivity contribution in [3.63, 3.8) is 0 Å². The number of esters is 1. The van der Waals surface area contributed by atoms with E-state index in [1.54, 1.807) is 13.8 Å². The molecule has 0 aliphatic carbocycles. The van der Waals surface area contributed by atoms with Gasteiger partial charge in [0.1, 0.15) is 0 Å². The fraction of sp³-hybridized carbons (Fsp3) is 0.500. The maximum atomic E-state index is 11.0. The predicted octanol–water partition coefficient (Wildman–Crippen LogP) is 0.555. The zero-order valence-corrected chi connectivity index (χ0v) is 7.57. The van der Waals surface area contributed by atoms with E-state index < -0.39 is 11.9 Å². The molecule has 74 valence electrons. The molecule has 0 radical (unpaired) electrons. The van der Waals surface area contributed by atoms with Gasteiger partial charge in [0.05, 0.1) is 19.3 Å². The predicted molar refractivity (Wildman–Crippen MR) is 44.0 cm³/mol.